The van der Waals surface area contributed by atoms with E-state index < -0.39 is 11.6 Å². The monoisotopic (exact) mass is 327 g/mol. The predicted octanol–water partition coefficient (Wildman–Crippen LogP) is 2.68. The second-order valence-corrected chi connectivity index (χ2v) is 5.98. The van der Waals surface area contributed by atoms with Crippen molar-refractivity contribution in [3.05, 3.63) is 23.8 Å². The van der Waals surface area contributed by atoms with Gasteiger partial charge in [-0.15, -0.1) is 0 Å². The Morgan fingerprint density at radius 2 is 1.96 bits per heavy atom. The molecule has 0 spiro atoms. The van der Waals surface area contributed by atoms with E-state index in [2.05, 4.69) is 11.4 Å². The smallest absolute Gasteiger partial charge is 0.262 e. The van der Waals surface area contributed by atoms with Crippen LogP contribution in [0.5, 0.6) is 11.5 Å². The van der Waals surface area contributed by atoms with Crippen molar-refractivity contribution in [1.82, 2.24) is 5.32 Å². The fraction of sp³-hybridized carbons (Fsp3) is 0.500. The minimum atomic E-state index is -0.790. The first kappa shape index (κ1) is 17.6. The fourth-order valence-corrected chi connectivity index (χ4v) is 2.84. The maximum absolute atomic E-state index is 12.4. The molecule has 2 rings (SSSR count). The first-order chi connectivity index (χ1) is 11.5. The van der Waals surface area contributed by atoms with Crippen LogP contribution in [0.15, 0.2) is 18.2 Å². The van der Waals surface area contributed by atoms with E-state index in [0.717, 1.165) is 19.3 Å². The third-order valence-electron chi connectivity index (χ3n) is 4.25. The van der Waals surface area contributed by atoms with Crippen LogP contribution in [0.4, 0.5) is 0 Å². The van der Waals surface area contributed by atoms with Gasteiger partial charge in [-0.25, -0.2) is 0 Å². The van der Waals surface area contributed by atoms with E-state index in [1.807, 2.05) is 6.07 Å². The first-order valence-corrected chi connectivity index (χ1v) is 8.01. The molecule has 1 saturated carbocycles. The van der Waals surface area contributed by atoms with Crippen molar-refractivity contribution in [2.75, 3.05) is 7.11 Å². The maximum Gasteiger partial charge on any atom is 0.262 e. The third kappa shape index (κ3) is 3.97. The minimum Gasteiger partial charge on any atom is -0.493 e. The lowest BCUT2D eigenvalue weighted by atomic mass is 9.83. The lowest BCUT2D eigenvalue weighted by Crippen LogP contribution is -2.52. The fourth-order valence-electron chi connectivity index (χ4n) is 2.84. The molecule has 24 heavy (non-hydrogen) atoms. The third-order valence-corrected chi connectivity index (χ3v) is 4.25. The molecule has 6 nitrogen and oxygen atoms in total. The zero-order valence-corrected chi connectivity index (χ0v) is 14.0. The van der Waals surface area contributed by atoms with Crippen LogP contribution >= 0.6 is 0 Å². The summed E-state index contributed by atoms with van der Waals surface area (Å²) in [6, 6.07) is 9.03. The zero-order chi connectivity index (χ0) is 17.6. The van der Waals surface area contributed by atoms with Gasteiger partial charge >= 0.3 is 0 Å². The van der Waals surface area contributed by atoms with Crippen molar-refractivity contribution in [3.63, 3.8) is 0 Å². The Morgan fingerprint density at radius 3 is 2.54 bits per heavy atom. The molecule has 126 valence electrons. The average molecular weight is 327 g/mol. The lowest BCUT2D eigenvalue weighted by molar-refractivity contribution is -0.129. The molecule has 1 aromatic carbocycles. The molecule has 0 radical (unpaired) electrons. The van der Waals surface area contributed by atoms with E-state index >= 15 is 0 Å². The Kier molecular flexibility index (Phi) is 5.65. The van der Waals surface area contributed by atoms with Crippen LogP contribution in [0, 0.1) is 22.7 Å². The van der Waals surface area contributed by atoms with Gasteiger partial charge in [0.05, 0.1) is 24.8 Å². The topological polar surface area (TPSA) is 95.1 Å². The highest BCUT2D eigenvalue weighted by molar-refractivity contribution is 5.82. The normalized spacial score (nSPS) is 17.0. The van der Waals surface area contributed by atoms with Crippen LogP contribution in [0.1, 0.15) is 44.6 Å². The Hall–Kier alpha value is -2.73. The second-order valence-electron chi connectivity index (χ2n) is 5.98. The van der Waals surface area contributed by atoms with Gasteiger partial charge in [-0.2, -0.15) is 10.5 Å². The number of methoxy groups -OCH3 is 1. The summed E-state index contributed by atoms with van der Waals surface area (Å²) in [7, 11) is 1.47. The molecule has 0 bridgehead atoms. The molecule has 1 aromatic rings. The Morgan fingerprint density at radius 1 is 1.25 bits per heavy atom. The van der Waals surface area contributed by atoms with Crippen molar-refractivity contribution in [3.8, 4) is 23.6 Å². The number of amides is 1. The SMILES string of the molecule is COc1cc(C#N)ccc1O[C@H](C)C(=O)NC1(C#N)CCCCC1. The number of nitrogens with zero attached hydrogens (tertiary/aromatic N) is 2. The summed E-state index contributed by atoms with van der Waals surface area (Å²) in [4.78, 5) is 12.4. The molecule has 0 saturated heterocycles. The molecule has 0 unspecified atom stereocenters. The van der Waals surface area contributed by atoms with E-state index in [1.54, 1.807) is 25.1 Å². The molecule has 1 fully saturated rings. The summed E-state index contributed by atoms with van der Waals surface area (Å²) in [6.45, 7) is 1.63. The zero-order valence-electron chi connectivity index (χ0n) is 14.0. The number of carbonyl (C=O) groups excluding carboxylic acids is 1. The maximum atomic E-state index is 12.4. The van der Waals surface area contributed by atoms with E-state index in [0.29, 0.717) is 29.9 Å². The van der Waals surface area contributed by atoms with Crippen LogP contribution in [0.2, 0.25) is 0 Å². The Labute approximate surface area is 142 Å². The Bertz CT molecular complexity index is 682. The quantitative estimate of drug-likeness (QED) is 0.897. The van der Waals surface area contributed by atoms with E-state index in [1.165, 1.54) is 7.11 Å². The number of nitrogens with one attached hydrogen (secondary N) is 1. The molecule has 0 heterocycles. The lowest BCUT2D eigenvalue weighted by Gasteiger charge is -2.32. The number of nitriles is 2. The first-order valence-electron chi connectivity index (χ1n) is 8.01. The van der Waals surface area contributed by atoms with Crippen LogP contribution in [0.25, 0.3) is 0 Å². The molecule has 1 aliphatic carbocycles. The highest BCUT2D eigenvalue weighted by atomic mass is 16.5. The molecular weight excluding hydrogens is 306 g/mol. The molecule has 0 aliphatic heterocycles. The van der Waals surface area contributed by atoms with Gasteiger partial charge in [0.15, 0.2) is 17.6 Å². The van der Waals surface area contributed by atoms with Gasteiger partial charge in [-0.1, -0.05) is 19.3 Å². The number of ether oxygens (including phenoxy) is 2. The second kappa shape index (κ2) is 7.70. The molecule has 6 heteroatoms. The van der Waals surface area contributed by atoms with Gasteiger partial charge < -0.3 is 14.8 Å². The number of hydrogen-bond donors (Lipinski definition) is 1. The summed E-state index contributed by atoms with van der Waals surface area (Å²) >= 11 is 0. The van der Waals surface area contributed by atoms with Gasteiger partial charge in [-0.3, -0.25) is 4.79 Å². The van der Waals surface area contributed by atoms with E-state index in [-0.39, 0.29) is 5.91 Å². The number of hydrogen-bond acceptors (Lipinski definition) is 5. The molecular formula is C18H21N3O3. The standard InChI is InChI=1S/C18H21N3O3/c1-13(17(22)21-18(12-20)8-4-3-5-9-18)24-15-7-6-14(11-19)10-16(15)23-2/h6-7,10,13H,3-5,8-9H2,1-2H3,(H,21,22)/t13-/m1/s1. The Balaban J connectivity index is 2.06. The number of rotatable bonds is 5. The van der Waals surface area contributed by atoms with Crippen molar-refractivity contribution in [1.29, 1.82) is 10.5 Å². The van der Waals surface area contributed by atoms with Gasteiger partial charge in [0.1, 0.15) is 5.54 Å². The summed E-state index contributed by atoms with van der Waals surface area (Å²) in [5.74, 6) is 0.444. The van der Waals surface area contributed by atoms with E-state index in [4.69, 9.17) is 14.7 Å². The summed E-state index contributed by atoms with van der Waals surface area (Å²) in [6.07, 6.45) is 3.52. The van der Waals surface area contributed by atoms with E-state index in [9.17, 15) is 10.1 Å². The van der Waals surface area contributed by atoms with Crippen molar-refractivity contribution >= 4 is 5.91 Å². The van der Waals surface area contributed by atoms with Crippen LogP contribution in [-0.2, 0) is 4.79 Å². The summed E-state index contributed by atoms with van der Waals surface area (Å²) in [5, 5.41) is 21.2. The van der Waals surface area contributed by atoms with Gasteiger partial charge in [0, 0.05) is 6.07 Å². The van der Waals surface area contributed by atoms with Crippen LogP contribution < -0.4 is 14.8 Å². The minimum absolute atomic E-state index is 0.329. The summed E-state index contributed by atoms with van der Waals surface area (Å²) in [5.41, 5.74) is -0.344. The molecule has 0 aromatic heterocycles. The number of benzene rings is 1. The summed E-state index contributed by atoms with van der Waals surface area (Å²) < 4.78 is 10.9. The van der Waals surface area contributed by atoms with Crippen molar-refractivity contribution < 1.29 is 14.3 Å². The largest absolute Gasteiger partial charge is 0.493 e. The molecule has 1 atom stereocenters. The van der Waals surface area contributed by atoms with Crippen LogP contribution in [0.3, 0.4) is 0 Å². The van der Waals surface area contributed by atoms with Crippen molar-refractivity contribution in [2.24, 2.45) is 0 Å². The average Bonchev–Trinajstić information content (AvgIpc) is 2.62. The number of carbonyl (C=O) groups is 1. The van der Waals surface area contributed by atoms with Gasteiger partial charge in [0.2, 0.25) is 0 Å². The van der Waals surface area contributed by atoms with Gasteiger partial charge in [-0.05, 0) is 31.9 Å². The highest BCUT2D eigenvalue weighted by Gasteiger charge is 2.35. The molecule has 1 amide bonds. The highest BCUT2D eigenvalue weighted by Crippen LogP contribution is 2.30. The predicted molar refractivity (Wildman–Crippen MR) is 87.4 cm³/mol. The molecule has 1 aliphatic rings. The molecule has 1 N–H and O–H groups in total. The van der Waals surface area contributed by atoms with Crippen LogP contribution in [-0.4, -0.2) is 24.7 Å². The van der Waals surface area contributed by atoms with Crippen molar-refractivity contribution in [2.45, 2.75) is 50.7 Å². The van der Waals surface area contributed by atoms with Gasteiger partial charge in [0.25, 0.3) is 5.91 Å².